The summed E-state index contributed by atoms with van der Waals surface area (Å²) in [5.41, 5.74) is 4.71. The average molecular weight is 432 g/mol. The summed E-state index contributed by atoms with van der Waals surface area (Å²) in [6.45, 7) is 2.69. The number of halogens is 5. The third-order valence-electron chi connectivity index (χ3n) is 5.01. The Bertz CT molecular complexity index is 873. The van der Waals surface area contributed by atoms with Crippen molar-refractivity contribution in [2.24, 2.45) is 0 Å². The maximum Gasteiger partial charge on any atom is 0.434 e. The molecule has 5 nitrogen and oxygen atoms in total. The van der Waals surface area contributed by atoms with Gasteiger partial charge in [0.25, 0.3) is 0 Å². The van der Waals surface area contributed by atoms with Crippen LogP contribution in [0.4, 0.5) is 24.9 Å². The van der Waals surface area contributed by atoms with Crippen LogP contribution in [0.3, 0.4) is 0 Å². The van der Waals surface area contributed by atoms with Crippen molar-refractivity contribution in [1.82, 2.24) is 14.9 Å². The number of hydrogen-bond donors (Lipinski definition) is 1. The van der Waals surface area contributed by atoms with Gasteiger partial charge in [-0.05, 0) is 36.6 Å². The number of hydrogen-bond acceptors (Lipinski definition) is 5. The molecule has 1 saturated carbocycles. The van der Waals surface area contributed by atoms with Gasteiger partial charge >= 0.3 is 6.18 Å². The summed E-state index contributed by atoms with van der Waals surface area (Å²) < 4.78 is 41.4. The van der Waals surface area contributed by atoms with Crippen LogP contribution >= 0.6 is 23.2 Å². The molecule has 0 bridgehead atoms. The molecule has 0 unspecified atom stereocenters. The Kier molecular flexibility index (Phi) is 5.05. The van der Waals surface area contributed by atoms with E-state index in [-0.39, 0.29) is 32.9 Å². The minimum atomic E-state index is -4.70. The lowest BCUT2D eigenvalue weighted by Gasteiger charge is -2.35. The highest BCUT2D eigenvalue weighted by atomic mass is 35.5. The second-order valence-corrected chi connectivity index (χ2v) is 7.92. The quantitative estimate of drug-likeness (QED) is 0.783. The molecule has 2 aliphatic rings. The molecule has 2 fully saturated rings. The van der Waals surface area contributed by atoms with Crippen molar-refractivity contribution in [3.63, 3.8) is 0 Å². The highest BCUT2D eigenvalue weighted by molar-refractivity contribution is 6.35. The predicted octanol–water partition coefficient (Wildman–Crippen LogP) is 4.34. The standard InChI is InChI=1S/C18H18Cl2F3N5/c19-11-7-10(8-12(20)9-11)14-15(18(21,22)23)25-17(26-16(14)24)28-5-3-27(4-6-28)13-1-2-13/h7-9,13H,1-6H2,(H2,24,25,26). The molecule has 0 atom stereocenters. The van der Waals surface area contributed by atoms with Crippen LogP contribution in [0.15, 0.2) is 18.2 Å². The minimum Gasteiger partial charge on any atom is -0.383 e. The van der Waals surface area contributed by atoms with Gasteiger partial charge in [-0.3, -0.25) is 4.90 Å². The molecule has 28 heavy (non-hydrogen) atoms. The fourth-order valence-corrected chi connectivity index (χ4v) is 4.05. The predicted molar refractivity (Wildman–Crippen MR) is 104 cm³/mol. The number of aromatic nitrogens is 2. The van der Waals surface area contributed by atoms with E-state index in [0.717, 1.165) is 13.1 Å². The summed E-state index contributed by atoms with van der Waals surface area (Å²) in [4.78, 5) is 12.1. The normalized spacial score (nSPS) is 18.5. The van der Waals surface area contributed by atoms with Gasteiger partial charge in [-0.1, -0.05) is 23.2 Å². The zero-order chi connectivity index (χ0) is 20.1. The fraction of sp³-hybridized carbons (Fsp3) is 0.444. The minimum absolute atomic E-state index is 0.00264. The Labute approximate surface area is 170 Å². The van der Waals surface area contributed by atoms with Crippen LogP contribution in [0.1, 0.15) is 18.5 Å². The van der Waals surface area contributed by atoms with E-state index >= 15 is 0 Å². The maximum atomic E-state index is 13.8. The Morgan fingerprint density at radius 3 is 2.11 bits per heavy atom. The van der Waals surface area contributed by atoms with Gasteiger partial charge in [0.1, 0.15) is 5.82 Å². The lowest BCUT2D eigenvalue weighted by Crippen LogP contribution is -2.48. The Balaban J connectivity index is 1.72. The van der Waals surface area contributed by atoms with Crippen molar-refractivity contribution in [1.29, 1.82) is 0 Å². The molecule has 150 valence electrons. The second kappa shape index (κ2) is 7.24. The Morgan fingerprint density at radius 1 is 0.964 bits per heavy atom. The Morgan fingerprint density at radius 2 is 1.57 bits per heavy atom. The van der Waals surface area contributed by atoms with Gasteiger partial charge in [-0.2, -0.15) is 18.2 Å². The SMILES string of the molecule is Nc1nc(N2CCN(C3CC3)CC2)nc(C(F)(F)F)c1-c1cc(Cl)cc(Cl)c1. The van der Waals surface area contributed by atoms with Gasteiger partial charge in [0.05, 0.1) is 5.56 Å². The van der Waals surface area contributed by atoms with Crippen LogP contribution in [0, 0.1) is 0 Å². The fourth-order valence-electron chi connectivity index (χ4n) is 3.52. The summed E-state index contributed by atoms with van der Waals surface area (Å²) in [5.74, 6) is -0.252. The number of piperazine rings is 1. The van der Waals surface area contributed by atoms with Crippen LogP contribution in [-0.4, -0.2) is 47.1 Å². The van der Waals surface area contributed by atoms with Gasteiger partial charge in [-0.15, -0.1) is 0 Å². The van der Waals surface area contributed by atoms with Gasteiger partial charge in [0, 0.05) is 42.3 Å². The summed E-state index contributed by atoms with van der Waals surface area (Å²) in [5, 5.41) is 0.408. The maximum absolute atomic E-state index is 13.8. The molecule has 1 aromatic carbocycles. The van der Waals surface area contributed by atoms with E-state index in [1.807, 2.05) is 0 Å². The van der Waals surface area contributed by atoms with Crippen molar-refractivity contribution in [3.05, 3.63) is 33.9 Å². The molecular weight excluding hydrogens is 414 g/mol. The van der Waals surface area contributed by atoms with Crippen LogP contribution in [-0.2, 0) is 6.18 Å². The molecule has 1 saturated heterocycles. The van der Waals surface area contributed by atoms with Gasteiger partial charge in [-0.25, -0.2) is 4.98 Å². The molecule has 4 rings (SSSR count). The first-order valence-electron chi connectivity index (χ1n) is 8.92. The van der Waals surface area contributed by atoms with E-state index in [0.29, 0.717) is 19.1 Å². The van der Waals surface area contributed by atoms with E-state index in [4.69, 9.17) is 28.9 Å². The van der Waals surface area contributed by atoms with Crippen molar-refractivity contribution in [3.8, 4) is 11.1 Å². The van der Waals surface area contributed by atoms with Gasteiger partial charge in [0.2, 0.25) is 5.95 Å². The lowest BCUT2D eigenvalue weighted by atomic mass is 10.0. The number of nitrogens with zero attached hydrogens (tertiary/aromatic N) is 4. The van der Waals surface area contributed by atoms with Crippen LogP contribution < -0.4 is 10.6 Å². The molecule has 2 N–H and O–H groups in total. The number of alkyl halides is 3. The van der Waals surface area contributed by atoms with Crippen LogP contribution in [0.2, 0.25) is 10.0 Å². The van der Waals surface area contributed by atoms with E-state index < -0.39 is 11.9 Å². The zero-order valence-electron chi connectivity index (χ0n) is 14.8. The monoisotopic (exact) mass is 431 g/mol. The van der Waals surface area contributed by atoms with Crippen LogP contribution in [0.25, 0.3) is 11.1 Å². The molecule has 1 aliphatic carbocycles. The van der Waals surface area contributed by atoms with Gasteiger partial charge < -0.3 is 10.6 Å². The van der Waals surface area contributed by atoms with Crippen molar-refractivity contribution >= 4 is 35.0 Å². The molecule has 0 radical (unpaired) electrons. The zero-order valence-corrected chi connectivity index (χ0v) is 16.3. The van der Waals surface area contributed by atoms with E-state index in [1.54, 1.807) is 4.90 Å². The first kappa shape index (κ1) is 19.5. The molecule has 10 heteroatoms. The van der Waals surface area contributed by atoms with E-state index in [2.05, 4.69) is 14.9 Å². The number of anilines is 2. The smallest absolute Gasteiger partial charge is 0.383 e. The number of nitrogen functional groups attached to an aromatic ring is 1. The highest BCUT2D eigenvalue weighted by Gasteiger charge is 2.39. The summed E-state index contributed by atoms with van der Waals surface area (Å²) >= 11 is 11.9. The molecule has 0 spiro atoms. The molecule has 0 amide bonds. The van der Waals surface area contributed by atoms with Crippen molar-refractivity contribution in [2.75, 3.05) is 36.8 Å². The number of nitrogens with two attached hydrogens (primary N) is 1. The average Bonchev–Trinajstić information content (AvgIpc) is 3.44. The summed E-state index contributed by atoms with van der Waals surface area (Å²) in [7, 11) is 0. The van der Waals surface area contributed by atoms with Crippen LogP contribution in [0.5, 0.6) is 0 Å². The largest absolute Gasteiger partial charge is 0.434 e. The number of benzene rings is 1. The van der Waals surface area contributed by atoms with E-state index in [1.165, 1.54) is 31.0 Å². The summed E-state index contributed by atoms with van der Waals surface area (Å²) in [6.07, 6.45) is -2.32. The summed E-state index contributed by atoms with van der Waals surface area (Å²) in [6, 6.07) is 4.79. The molecule has 1 aromatic heterocycles. The van der Waals surface area contributed by atoms with E-state index in [9.17, 15) is 13.2 Å². The topological polar surface area (TPSA) is 58.3 Å². The van der Waals surface area contributed by atoms with Gasteiger partial charge in [0.15, 0.2) is 5.69 Å². The number of rotatable bonds is 3. The molecule has 2 aromatic rings. The first-order valence-corrected chi connectivity index (χ1v) is 9.68. The lowest BCUT2D eigenvalue weighted by molar-refractivity contribution is -0.140. The molecular formula is C18H18Cl2F3N5. The third kappa shape index (κ3) is 3.99. The second-order valence-electron chi connectivity index (χ2n) is 7.04. The first-order chi connectivity index (χ1) is 13.2. The van der Waals surface area contributed by atoms with Crippen molar-refractivity contribution < 1.29 is 13.2 Å². The third-order valence-corrected chi connectivity index (χ3v) is 5.44. The van der Waals surface area contributed by atoms with Crippen molar-refractivity contribution in [2.45, 2.75) is 25.1 Å². The molecule has 1 aliphatic heterocycles. The Hall–Kier alpha value is -1.77. The molecule has 2 heterocycles. The highest BCUT2D eigenvalue weighted by Crippen LogP contribution is 2.41.